The lowest BCUT2D eigenvalue weighted by atomic mass is 10.3. The van der Waals surface area contributed by atoms with Crippen molar-refractivity contribution in [3.05, 3.63) is 47.1 Å². The van der Waals surface area contributed by atoms with Crippen molar-refractivity contribution in [1.82, 2.24) is 9.97 Å². The van der Waals surface area contributed by atoms with Crippen LogP contribution in [0.1, 0.15) is 5.56 Å². The smallest absolute Gasteiger partial charge is 0.189 e. The van der Waals surface area contributed by atoms with Crippen LogP contribution < -0.4 is 5.32 Å². The van der Waals surface area contributed by atoms with Crippen LogP contribution in [0.4, 0.5) is 10.9 Å². The maximum atomic E-state index is 8.71. The van der Waals surface area contributed by atoms with E-state index in [0.717, 1.165) is 15.3 Å². The Hall–Kier alpha value is -2.16. The minimum absolute atomic E-state index is 0.529. The predicted octanol–water partition coefficient (Wildman–Crippen LogP) is 3.96. The Morgan fingerprint density at radius 2 is 2.16 bits per heavy atom. The molecular formula is C13H7ClN4S. The van der Waals surface area contributed by atoms with Gasteiger partial charge in [-0.25, -0.2) is 9.97 Å². The molecule has 0 aliphatic carbocycles. The molecule has 0 fully saturated rings. The minimum atomic E-state index is 0.529. The summed E-state index contributed by atoms with van der Waals surface area (Å²) in [7, 11) is 0. The number of aromatic nitrogens is 2. The van der Waals surface area contributed by atoms with Crippen LogP contribution in [0.25, 0.3) is 10.2 Å². The molecule has 1 aromatic carbocycles. The first-order valence-electron chi connectivity index (χ1n) is 5.44. The molecule has 6 heteroatoms. The van der Waals surface area contributed by atoms with Gasteiger partial charge in [0.05, 0.1) is 15.8 Å². The van der Waals surface area contributed by atoms with Crippen LogP contribution in [0.3, 0.4) is 0 Å². The SMILES string of the molecule is N#Cc1ccc(Nc2nc3ccc(Cl)cc3s2)nc1. The largest absolute Gasteiger partial charge is 0.316 e. The molecular weight excluding hydrogens is 280 g/mol. The summed E-state index contributed by atoms with van der Waals surface area (Å²) >= 11 is 7.44. The summed E-state index contributed by atoms with van der Waals surface area (Å²) in [5.41, 5.74) is 1.42. The molecule has 19 heavy (non-hydrogen) atoms. The van der Waals surface area contributed by atoms with Crippen molar-refractivity contribution in [3.63, 3.8) is 0 Å². The summed E-state index contributed by atoms with van der Waals surface area (Å²) in [6.07, 6.45) is 1.52. The fourth-order valence-corrected chi connectivity index (χ4v) is 2.74. The highest BCUT2D eigenvalue weighted by atomic mass is 35.5. The zero-order valence-electron chi connectivity index (χ0n) is 9.59. The van der Waals surface area contributed by atoms with Crippen molar-refractivity contribution in [3.8, 4) is 6.07 Å². The van der Waals surface area contributed by atoms with Crippen molar-refractivity contribution in [2.75, 3.05) is 5.32 Å². The van der Waals surface area contributed by atoms with Gasteiger partial charge in [-0.1, -0.05) is 22.9 Å². The van der Waals surface area contributed by atoms with Crippen molar-refractivity contribution >= 4 is 44.1 Å². The Bertz CT molecular complexity index is 773. The third-order valence-electron chi connectivity index (χ3n) is 2.48. The van der Waals surface area contributed by atoms with Gasteiger partial charge in [-0.3, -0.25) is 0 Å². The normalized spacial score (nSPS) is 10.3. The number of hydrogen-bond acceptors (Lipinski definition) is 5. The average molecular weight is 287 g/mol. The first-order valence-corrected chi connectivity index (χ1v) is 6.63. The van der Waals surface area contributed by atoms with E-state index in [1.54, 1.807) is 12.1 Å². The second-order valence-corrected chi connectivity index (χ2v) is 5.27. The van der Waals surface area contributed by atoms with Gasteiger partial charge in [0.25, 0.3) is 0 Å². The van der Waals surface area contributed by atoms with Gasteiger partial charge in [0, 0.05) is 11.2 Å². The monoisotopic (exact) mass is 286 g/mol. The molecule has 0 aliphatic rings. The molecule has 0 aliphatic heterocycles. The highest BCUT2D eigenvalue weighted by Gasteiger charge is 2.05. The van der Waals surface area contributed by atoms with Crippen molar-refractivity contribution in [2.24, 2.45) is 0 Å². The van der Waals surface area contributed by atoms with Crippen molar-refractivity contribution < 1.29 is 0 Å². The van der Waals surface area contributed by atoms with Crippen LogP contribution >= 0.6 is 22.9 Å². The number of benzene rings is 1. The zero-order chi connectivity index (χ0) is 13.2. The van der Waals surface area contributed by atoms with E-state index in [-0.39, 0.29) is 0 Å². The Kier molecular flexibility index (Phi) is 3.03. The molecule has 2 aromatic heterocycles. The van der Waals surface area contributed by atoms with E-state index in [1.807, 2.05) is 24.3 Å². The molecule has 0 atom stereocenters. The van der Waals surface area contributed by atoms with Gasteiger partial charge < -0.3 is 5.32 Å². The van der Waals surface area contributed by atoms with Gasteiger partial charge in [-0.05, 0) is 30.3 Å². The van der Waals surface area contributed by atoms with Gasteiger partial charge >= 0.3 is 0 Å². The van der Waals surface area contributed by atoms with E-state index in [9.17, 15) is 0 Å². The number of rotatable bonds is 2. The second-order valence-electron chi connectivity index (χ2n) is 3.80. The van der Waals surface area contributed by atoms with E-state index in [2.05, 4.69) is 15.3 Å². The van der Waals surface area contributed by atoms with Crippen LogP contribution in [0.15, 0.2) is 36.5 Å². The number of thiazole rings is 1. The van der Waals surface area contributed by atoms with Crippen LogP contribution in [-0.2, 0) is 0 Å². The topological polar surface area (TPSA) is 61.6 Å². The van der Waals surface area contributed by atoms with Gasteiger partial charge in [-0.2, -0.15) is 5.26 Å². The number of nitriles is 1. The molecule has 92 valence electrons. The maximum absolute atomic E-state index is 8.71. The maximum Gasteiger partial charge on any atom is 0.189 e. The van der Waals surface area contributed by atoms with E-state index in [4.69, 9.17) is 16.9 Å². The first-order chi connectivity index (χ1) is 9.24. The van der Waals surface area contributed by atoms with Gasteiger partial charge in [-0.15, -0.1) is 0 Å². The molecule has 3 rings (SSSR count). The molecule has 1 N–H and O–H groups in total. The number of nitrogens with one attached hydrogen (secondary N) is 1. The van der Waals surface area contributed by atoms with Gasteiger partial charge in [0.2, 0.25) is 0 Å². The summed E-state index contributed by atoms with van der Waals surface area (Å²) in [5.74, 6) is 0.657. The summed E-state index contributed by atoms with van der Waals surface area (Å²) in [6, 6.07) is 11.1. The van der Waals surface area contributed by atoms with Gasteiger partial charge in [0.15, 0.2) is 5.13 Å². The van der Waals surface area contributed by atoms with Crippen LogP contribution in [0, 0.1) is 11.3 Å². The number of anilines is 2. The first kappa shape index (κ1) is 11.9. The summed E-state index contributed by atoms with van der Waals surface area (Å²) < 4.78 is 1.02. The molecule has 4 nitrogen and oxygen atoms in total. The molecule has 0 amide bonds. The summed E-state index contributed by atoms with van der Waals surface area (Å²) in [4.78, 5) is 8.57. The Balaban J connectivity index is 1.90. The number of hydrogen-bond donors (Lipinski definition) is 1. The Morgan fingerprint density at radius 3 is 2.89 bits per heavy atom. The lowest BCUT2D eigenvalue weighted by Gasteiger charge is -1.99. The quantitative estimate of drug-likeness (QED) is 0.774. The minimum Gasteiger partial charge on any atom is -0.316 e. The molecule has 0 saturated carbocycles. The van der Waals surface area contributed by atoms with E-state index in [0.29, 0.717) is 16.4 Å². The lowest BCUT2D eigenvalue weighted by molar-refractivity contribution is 1.28. The predicted molar refractivity (Wildman–Crippen MR) is 76.9 cm³/mol. The lowest BCUT2D eigenvalue weighted by Crippen LogP contribution is -1.92. The van der Waals surface area contributed by atoms with Crippen LogP contribution in [-0.4, -0.2) is 9.97 Å². The third kappa shape index (κ3) is 2.50. The molecule has 0 unspecified atom stereocenters. The Morgan fingerprint density at radius 1 is 1.26 bits per heavy atom. The van der Waals surface area contributed by atoms with Crippen molar-refractivity contribution in [1.29, 1.82) is 5.26 Å². The van der Waals surface area contributed by atoms with E-state index >= 15 is 0 Å². The zero-order valence-corrected chi connectivity index (χ0v) is 11.2. The summed E-state index contributed by atoms with van der Waals surface area (Å²) in [5, 5.41) is 13.3. The fraction of sp³-hybridized carbons (Fsp3) is 0. The van der Waals surface area contributed by atoms with Crippen molar-refractivity contribution in [2.45, 2.75) is 0 Å². The van der Waals surface area contributed by atoms with Crippen LogP contribution in [0.2, 0.25) is 5.02 Å². The molecule has 0 saturated heterocycles. The number of nitrogens with zero attached hydrogens (tertiary/aromatic N) is 3. The summed E-state index contributed by atoms with van der Waals surface area (Å²) in [6.45, 7) is 0. The van der Waals surface area contributed by atoms with Crippen LogP contribution in [0.5, 0.6) is 0 Å². The average Bonchev–Trinajstić information content (AvgIpc) is 2.81. The molecule has 0 bridgehead atoms. The fourth-order valence-electron chi connectivity index (χ4n) is 1.60. The number of pyridine rings is 1. The number of fused-ring (bicyclic) bond motifs is 1. The molecule has 2 heterocycles. The van der Waals surface area contributed by atoms with Gasteiger partial charge in [0.1, 0.15) is 11.9 Å². The molecule has 0 radical (unpaired) electrons. The van der Waals surface area contributed by atoms with E-state index < -0.39 is 0 Å². The standard InChI is InChI=1S/C13H7ClN4S/c14-9-2-3-10-11(5-9)19-13(17-10)18-12-4-1-8(6-15)7-16-12/h1-5,7H,(H,16,17,18). The molecule has 0 spiro atoms. The third-order valence-corrected chi connectivity index (χ3v) is 3.65. The van der Waals surface area contributed by atoms with E-state index in [1.165, 1.54) is 17.5 Å². The molecule has 3 aromatic rings. The highest BCUT2D eigenvalue weighted by Crippen LogP contribution is 2.29. The highest BCUT2D eigenvalue weighted by molar-refractivity contribution is 7.22. The number of halogens is 1. The second kappa shape index (κ2) is 4.84. The Labute approximate surface area is 118 Å².